The molecule has 1 unspecified atom stereocenters. The van der Waals surface area contributed by atoms with Crippen molar-refractivity contribution in [1.29, 1.82) is 0 Å². The maximum Gasteiger partial charge on any atom is 0.254 e. The Balaban J connectivity index is 1.74. The lowest BCUT2D eigenvalue weighted by atomic mass is 9.99. The van der Waals surface area contributed by atoms with E-state index < -0.39 is 0 Å². The molecule has 1 atom stereocenters. The van der Waals surface area contributed by atoms with Crippen molar-refractivity contribution in [2.45, 2.75) is 18.9 Å². The third-order valence-electron chi connectivity index (χ3n) is 4.75. The Kier molecular flexibility index (Phi) is 4.50. The summed E-state index contributed by atoms with van der Waals surface area (Å²) in [6.45, 7) is 0.637. The van der Waals surface area contributed by atoms with E-state index in [-0.39, 0.29) is 23.7 Å². The van der Waals surface area contributed by atoms with Gasteiger partial charge in [-0.3, -0.25) is 9.78 Å². The normalized spacial score (nSPS) is 16.5. The van der Waals surface area contributed by atoms with Crippen molar-refractivity contribution in [1.82, 2.24) is 19.9 Å². The molecule has 2 aromatic heterocycles. The van der Waals surface area contributed by atoms with Gasteiger partial charge in [0.2, 0.25) is 5.95 Å². The van der Waals surface area contributed by atoms with Crippen LogP contribution in [-0.2, 0) is 0 Å². The van der Waals surface area contributed by atoms with Crippen LogP contribution in [0.3, 0.4) is 0 Å². The molecule has 0 aliphatic carbocycles. The Labute approximate surface area is 155 Å². The number of amides is 1. The molecule has 1 aliphatic rings. The van der Waals surface area contributed by atoms with Crippen LogP contribution in [0.1, 0.15) is 34.9 Å². The summed E-state index contributed by atoms with van der Waals surface area (Å²) >= 11 is 0. The summed E-state index contributed by atoms with van der Waals surface area (Å²) in [6.07, 6.45) is 6.49. The second kappa shape index (κ2) is 7.11. The number of nitrogens with two attached hydrogens (primary N) is 1. The predicted octanol–water partition coefficient (Wildman–Crippen LogP) is 3.24. The van der Waals surface area contributed by atoms with Gasteiger partial charge in [0.25, 0.3) is 5.91 Å². The van der Waals surface area contributed by atoms with E-state index in [1.54, 1.807) is 42.9 Å². The average molecular weight is 363 g/mol. The van der Waals surface area contributed by atoms with Gasteiger partial charge in [0.1, 0.15) is 5.82 Å². The Morgan fingerprint density at radius 1 is 1.15 bits per heavy atom. The maximum atomic E-state index is 13.3. The minimum absolute atomic E-state index is 0.0675. The van der Waals surface area contributed by atoms with Crippen molar-refractivity contribution in [2.24, 2.45) is 0 Å². The number of nitrogens with zero attached hydrogens (tertiary/aromatic N) is 4. The fourth-order valence-corrected chi connectivity index (χ4v) is 3.47. The molecule has 1 saturated heterocycles. The summed E-state index contributed by atoms with van der Waals surface area (Å²) in [5, 5.41) is 0. The van der Waals surface area contributed by atoms with Crippen molar-refractivity contribution in [2.75, 3.05) is 12.3 Å². The number of rotatable bonds is 3. The monoisotopic (exact) mass is 363 g/mol. The number of hydrogen-bond acceptors (Lipinski definition) is 5. The zero-order chi connectivity index (χ0) is 18.8. The molecular weight excluding hydrogens is 345 g/mol. The van der Waals surface area contributed by atoms with E-state index in [0.717, 1.165) is 24.0 Å². The summed E-state index contributed by atoms with van der Waals surface area (Å²) < 4.78 is 13.3. The van der Waals surface area contributed by atoms with E-state index in [0.29, 0.717) is 17.8 Å². The van der Waals surface area contributed by atoms with Crippen LogP contribution in [0.5, 0.6) is 0 Å². The zero-order valence-corrected chi connectivity index (χ0v) is 14.5. The molecule has 7 heteroatoms. The molecular formula is C20H18FN5O. The summed E-state index contributed by atoms with van der Waals surface area (Å²) in [4.78, 5) is 27.3. The first-order valence-electron chi connectivity index (χ1n) is 8.73. The van der Waals surface area contributed by atoms with Crippen molar-refractivity contribution in [3.63, 3.8) is 0 Å². The molecule has 6 nitrogen and oxygen atoms in total. The topological polar surface area (TPSA) is 85.0 Å². The highest BCUT2D eigenvalue weighted by Gasteiger charge is 2.33. The minimum atomic E-state index is -0.313. The molecule has 136 valence electrons. The van der Waals surface area contributed by atoms with Crippen LogP contribution >= 0.6 is 0 Å². The summed E-state index contributed by atoms with van der Waals surface area (Å²) in [6, 6.07) is 9.33. The van der Waals surface area contributed by atoms with Gasteiger partial charge in [-0.25, -0.2) is 14.4 Å². The Hall–Kier alpha value is -3.35. The highest BCUT2D eigenvalue weighted by atomic mass is 19.1. The quantitative estimate of drug-likeness (QED) is 0.772. The van der Waals surface area contributed by atoms with Crippen LogP contribution in [0.15, 0.2) is 55.0 Å². The van der Waals surface area contributed by atoms with E-state index >= 15 is 0 Å². The van der Waals surface area contributed by atoms with Gasteiger partial charge < -0.3 is 10.6 Å². The Morgan fingerprint density at radius 3 is 2.63 bits per heavy atom. The Morgan fingerprint density at radius 2 is 1.89 bits per heavy atom. The lowest BCUT2D eigenvalue weighted by Gasteiger charge is -2.26. The number of halogens is 1. The first-order chi connectivity index (χ1) is 13.1. The number of hydrogen-bond donors (Lipinski definition) is 1. The SMILES string of the molecule is Nc1ncc(-c2ccc(F)cc2)c(C2CCCN2C(=O)c2ccncc2)n1. The second-order valence-corrected chi connectivity index (χ2v) is 6.43. The lowest BCUT2D eigenvalue weighted by molar-refractivity contribution is 0.0733. The second-order valence-electron chi connectivity index (χ2n) is 6.43. The first-order valence-corrected chi connectivity index (χ1v) is 8.73. The van der Waals surface area contributed by atoms with Gasteiger partial charge >= 0.3 is 0 Å². The van der Waals surface area contributed by atoms with Gasteiger partial charge in [-0.2, -0.15) is 0 Å². The summed E-state index contributed by atoms with van der Waals surface area (Å²) in [5.41, 5.74) is 8.65. The molecule has 2 N–H and O–H groups in total. The van der Waals surface area contributed by atoms with Crippen LogP contribution in [0.4, 0.5) is 10.3 Å². The number of likely N-dealkylation sites (tertiary alicyclic amines) is 1. The number of anilines is 1. The summed E-state index contributed by atoms with van der Waals surface area (Å²) in [5.74, 6) is -0.228. The molecule has 3 heterocycles. The third kappa shape index (κ3) is 3.36. The molecule has 3 aromatic rings. The number of nitrogen functional groups attached to an aromatic ring is 1. The number of pyridine rings is 1. The zero-order valence-electron chi connectivity index (χ0n) is 14.5. The van der Waals surface area contributed by atoms with E-state index in [2.05, 4.69) is 15.0 Å². The van der Waals surface area contributed by atoms with Crippen LogP contribution in [-0.4, -0.2) is 32.3 Å². The molecule has 1 aromatic carbocycles. The van der Waals surface area contributed by atoms with Crippen LogP contribution < -0.4 is 5.73 Å². The highest BCUT2D eigenvalue weighted by Crippen LogP contribution is 2.37. The molecule has 0 radical (unpaired) electrons. The predicted molar refractivity (Wildman–Crippen MR) is 99.1 cm³/mol. The van der Waals surface area contributed by atoms with Crippen LogP contribution in [0.25, 0.3) is 11.1 Å². The number of benzene rings is 1. The largest absolute Gasteiger partial charge is 0.368 e. The highest BCUT2D eigenvalue weighted by molar-refractivity contribution is 5.94. The molecule has 4 rings (SSSR count). The Bertz CT molecular complexity index is 962. The molecule has 0 spiro atoms. The fourth-order valence-electron chi connectivity index (χ4n) is 3.47. The van der Waals surface area contributed by atoms with Gasteiger partial charge in [-0.15, -0.1) is 0 Å². The van der Waals surface area contributed by atoms with E-state index in [1.807, 2.05) is 4.90 Å². The smallest absolute Gasteiger partial charge is 0.254 e. The molecule has 0 saturated carbocycles. The van der Waals surface area contributed by atoms with Crippen molar-refractivity contribution in [3.8, 4) is 11.1 Å². The number of carbonyl (C=O) groups is 1. The minimum Gasteiger partial charge on any atom is -0.368 e. The van der Waals surface area contributed by atoms with Gasteiger partial charge in [0, 0.05) is 36.3 Å². The first kappa shape index (κ1) is 17.1. The standard InChI is InChI=1S/C20H18FN5O/c21-15-5-3-13(4-6-15)16-12-24-20(22)25-18(16)17-2-1-11-26(17)19(27)14-7-9-23-10-8-14/h3-10,12,17H,1-2,11H2,(H2,22,24,25). The van der Waals surface area contributed by atoms with Gasteiger partial charge in [-0.1, -0.05) is 12.1 Å². The summed E-state index contributed by atoms with van der Waals surface area (Å²) in [7, 11) is 0. The van der Waals surface area contributed by atoms with E-state index in [9.17, 15) is 9.18 Å². The van der Waals surface area contributed by atoms with E-state index in [1.165, 1.54) is 12.1 Å². The lowest BCUT2D eigenvalue weighted by Crippen LogP contribution is -2.31. The van der Waals surface area contributed by atoms with Crippen molar-refractivity contribution >= 4 is 11.9 Å². The molecule has 0 bridgehead atoms. The third-order valence-corrected chi connectivity index (χ3v) is 4.75. The number of aromatic nitrogens is 3. The van der Waals surface area contributed by atoms with Crippen molar-refractivity contribution < 1.29 is 9.18 Å². The fraction of sp³-hybridized carbons (Fsp3) is 0.200. The molecule has 1 fully saturated rings. The average Bonchev–Trinajstić information content (AvgIpc) is 3.18. The van der Waals surface area contributed by atoms with Gasteiger partial charge in [0.15, 0.2) is 0 Å². The molecule has 27 heavy (non-hydrogen) atoms. The molecule has 1 aliphatic heterocycles. The van der Waals surface area contributed by atoms with Gasteiger partial charge in [0.05, 0.1) is 11.7 Å². The van der Waals surface area contributed by atoms with E-state index in [4.69, 9.17) is 5.73 Å². The maximum absolute atomic E-state index is 13.3. The van der Waals surface area contributed by atoms with Crippen LogP contribution in [0.2, 0.25) is 0 Å². The molecule has 1 amide bonds. The van der Waals surface area contributed by atoms with Crippen LogP contribution in [0, 0.1) is 5.82 Å². The number of carbonyl (C=O) groups excluding carboxylic acids is 1. The van der Waals surface area contributed by atoms with Gasteiger partial charge in [-0.05, 0) is 42.7 Å². The van der Waals surface area contributed by atoms with Crippen molar-refractivity contribution in [3.05, 3.63) is 72.1 Å².